The van der Waals surface area contributed by atoms with Crippen LogP contribution in [0.3, 0.4) is 0 Å². The minimum Gasteiger partial charge on any atom is -0.394 e. The highest BCUT2D eigenvalue weighted by Crippen LogP contribution is 2.35. The Morgan fingerprint density at radius 2 is 2.15 bits per heavy atom. The Morgan fingerprint density at radius 1 is 1.35 bits per heavy atom. The van der Waals surface area contributed by atoms with Crippen LogP contribution in [0.15, 0.2) is 42.7 Å². The van der Waals surface area contributed by atoms with Crippen molar-refractivity contribution >= 4 is 0 Å². The monoisotopic (exact) mass is 271 g/mol. The normalized spacial score (nSPS) is 26.6. The summed E-state index contributed by atoms with van der Waals surface area (Å²) in [7, 11) is 0. The maximum atomic E-state index is 9.50. The van der Waals surface area contributed by atoms with E-state index < -0.39 is 5.54 Å². The number of rotatable bonds is 3. The molecule has 2 unspecified atom stereocenters. The van der Waals surface area contributed by atoms with Crippen LogP contribution in [0.4, 0.5) is 0 Å². The Balaban J connectivity index is 1.90. The third-order valence-electron chi connectivity index (χ3n) is 4.26. The molecule has 106 valence electrons. The molecule has 1 aromatic carbocycles. The van der Waals surface area contributed by atoms with Crippen LogP contribution >= 0.6 is 0 Å². The summed E-state index contributed by atoms with van der Waals surface area (Å²) in [5.74, 6) is 0.984. The molecule has 1 fully saturated rings. The van der Waals surface area contributed by atoms with Crippen LogP contribution in [0.5, 0.6) is 0 Å². The van der Waals surface area contributed by atoms with Crippen LogP contribution in [0.25, 0.3) is 11.4 Å². The molecular formula is C16H21N3O. The summed E-state index contributed by atoms with van der Waals surface area (Å²) in [5, 5.41) is 9.50. The van der Waals surface area contributed by atoms with Crippen LogP contribution < -0.4 is 5.73 Å². The maximum absolute atomic E-state index is 9.50. The first-order chi connectivity index (χ1) is 9.72. The van der Waals surface area contributed by atoms with Gasteiger partial charge in [0.15, 0.2) is 0 Å². The van der Waals surface area contributed by atoms with Crippen LogP contribution in [-0.2, 0) is 0 Å². The number of hydrogen-bond acceptors (Lipinski definition) is 3. The van der Waals surface area contributed by atoms with Gasteiger partial charge in [-0.15, -0.1) is 0 Å². The third kappa shape index (κ3) is 2.49. The van der Waals surface area contributed by atoms with E-state index in [0.29, 0.717) is 6.04 Å². The lowest BCUT2D eigenvalue weighted by Gasteiger charge is -2.37. The largest absolute Gasteiger partial charge is 0.394 e. The number of imidazole rings is 1. The molecular weight excluding hydrogens is 250 g/mol. The van der Waals surface area contributed by atoms with Gasteiger partial charge in [-0.1, -0.05) is 30.3 Å². The maximum Gasteiger partial charge on any atom is 0.140 e. The molecule has 20 heavy (non-hydrogen) atoms. The topological polar surface area (TPSA) is 64.1 Å². The first kappa shape index (κ1) is 13.3. The van der Waals surface area contributed by atoms with Crippen LogP contribution in [0.1, 0.15) is 31.7 Å². The number of aliphatic hydroxyl groups is 1. The molecule has 1 aliphatic carbocycles. The summed E-state index contributed by atoms with van der Waals surface area (Å²) in [4.78, 5) is 4.49. The van der Waals surface area contributed by atoms with Crippen molar-refractivity contribution in [1.82, 2.24) is 9.55 Å². The number of aliphatic hydroxyl groups excluding tert-OH is 1. The minimum absolute atomic E-state index is 0.0544. The number of aromatic nitrogens is 2. The van der Waals surface area contributed by atoms with Crippen molar-refractivity contribution in [1.29, 1.82) is 0 Å². The Kier molecular flexibility index (Phi) is 3.59. The lowest BCUT2D eigenvalue weighted by atomic mass is 9.80. The van der Waals surface area contributed by atoms with E-state index in [-0.39, 0.29) is 6.61 Å². The Morgan fingerprint density at radius 3 is 2.90 bits per heavy atom. The molecule has 0 radical (unpaired) electrons. The molecule has 1 saturated carbocycles. The zero-order valence-electron chi connectivity index (χ0n) is 11.6. The predicted molar refractivity (Wildman–Crippen MR) is 79.2 cm³/mol. The van der Waals surface area contributed by atoms with E-state index in [1.54, 1.807) is 0 Å². The van der Waals surface area contributed by atoms with Gasteiger partial charge in [-0.25, -0.2) is 4.98 Å². The second kappa shape index (κ2) is 5.38. The number of hydrogen-bond donors (Lipinski definition) is 2. The molecule has 2 atom stereocenters. The lowest BCUT2D eigenvalue weighted by Crippen LogP contribution is -2.47. The van der Waals surface area contributed by atoms with E-state index in [0.717, 1.165) is 37.1 Å². The van der Waals surface area contributed by atoms with Crippen LogP contribution in [-0.4, -0.2) is 26.8 Å². The van der Waals surface area contributed by atoms with Gasteiger partial charge in [0.25, 0.3) is 0 Å². The van der Waals surface area contributed by atoms with E-state index in [4.69, 9.17) is 5.73 Å². The van der Waals surface area contributed by atoms with Gasteiger partial charge in [-0.05, 0) is 25.7 Å². The van der Waals surface area contributed by atoms with Gasteiger partial charge in [-0.2, -0.15) is 0 Å². The Labute approximate surface area is 119 Å². The second-order valence-corrected chi connectivity index (χ2v) is 5.79. The van der Waals surface area contributed by atoms with Crippen molar-refractivity contribution < 1.29 is 5.11 Å². The van der Waals surface area contributed by atoms with Gasteiger partial charge >= 0.3 is 0 Å². The summed E-state index contributed by atoms with van der Waals surface area (Å²) < 4.78 is 2.21. The van der Waals surface area contributed by atoms with E-state index >= 15 is 0 Å². The fourth-order valence-electron chi connectivity index (χ4n) is 3.16. The summed E-state index contributed by atoms with van der Waals surface area (Å²) in [6.45, 7) is 0.0544. The Bertz CT molecular complexity index is 566. The lowest BCUT2D eigenvalue weighted by molar-refractivity contribution is 0.131. The van der Waals surface area contributed by atoms with Crippen molar-refractivity contribution in [3.05, 3.63) is 42.7 Å². The quantitative estimate of drug-likeness (QED) is 0.900. The second-order valence-electron chi connectivity index (χ2n) is 5.79. The molecule has 1 aromatic heterocycles. The van der Waals surface area contributed by atoms with Crippen molar-refractivity contribution in [2.75, 3.05) is 6.61 Å². The van der Waals surface area contributed by atoms with Gasteiger partial charge in [0.2, 0.25) is 0 Å². The summed E-state index contributed by atoms with van der Waals surface area (Å²) >= 11 is 0. The smallest absolute Gasteiger partial charge is 0.140 e. The van der Waals surface area contributed by atoms with Gasteiger partial charge in [-0.3, -0.25) is 0 Å². The molecule has 3 rings (SSSR count). The number of nitrogens with zero attached hydrogens (tertiary/aromatic N) is 2. The molecule has 4 nitrogen and oxygen atoms in total. The van der Waals surface area contributed by atoms with Crippen molar-refractivity contribution in [3.63, 3.8) is 0 Å². The fourth-order valence-corrected chi connectivity index (χ4v) is 3.16. The molecule has 1 heterocycles. The average Bonchev–Trinajstić information content (AvgIpc) is 2.98. The standard InChI is InChI=1S/C16H21N3O/c17-16(12-20)8-4-7-14(11-16)19-10-9-18-15(19)13-5-2-1-3-6-13/h1-3,5-6,9-10,14,20H,4,7-8,11-12,17H2. The highest BCUT2D eigenvalue weighted by Gasteiger charge is 2.33. The first-order valence-electron chi connectivity index (χ1n) is 7.20. The van der Waals surface area contributed by atoms with Crippen molar-refractivity contribution in [2.24, 2.45) is 5.73 Å². The predicted octanol–water partition coefficient (Wildman–Crippen LogP) is 2.35. The molecule has 0 amide bonds. The van der Waals surface area contributed by atoms with Crippen LogP contribution in [0.2, 0.25) is 0 Å². The summed E-state index contributed by atoms with van der Waals surface area (Å²) in [6, 6.07) is 10.5. The molecule has 0 bridgehead atoms. The highest BCUT2D eigenvalue weighted by atomic mass is 16.3. The average molecular weight is 271 g/mol. The van der Waals surface area contributed by atoms with E-state index in [2.05, 4.69) is 21.7 Å². The van der Waals surface area contributed by atoms with Crippen LogP contribution in [0, 0.1) is 0 Å². The molecule has 0 spiro atoms. The molecule has 1 aliphatic rings. The van der Waals surface area contributed by atoms with E-state index in [9.17, 15) is 5.11 Å². The first-order valence-corrected chi connectivity index (χ1v) is 7.20. The van der Waals surface area contributed by atoms with Crippen molar-refractivity contribution in [3.8, 4) is 11.4 Å². The summed E-state index contributed by atoms with van der Waals surface area (Å²) in [5.41, 5.74) is 6.94. The zero-order chi connectivity index (χ0) is 14.0. The molecule has 3 N–H and O–H groups in total. The minimum atomic E-state index is -0.443. The van der Waals surface area contributed by atoms with Crippen molar-refractivity contribution in [2.45, 2.75) is 37.3 Å². The number of nitrogens with two attached hydrogens (primary N) is 1. The number of benzene rings is 1. The van der Waals surface area contributed by atoms with E-state index in [1.807, 2.05) is 30.6 Å². The molecule has 4 heteroatoms. The zero-order valence-corrected chi connectivity index (χ0v) is 11.6. The fraction of sp³-hybridized carbons (Fsp3) is 0.438. The third-order valence-corrected chi connectivity index (χ3v) is 4.26. The SMILES string of the molecule is NC1(CO)CCCC(n2ccnc2-c2ccccc2)C1. The molecule has 0 aliphatic heterocycles. The van der Waals surface area contributed by atoms with Gasteiger partial charge < -0.3 is 15.4 Å². The van der Waals surface area contributed by atoms with Gasteiger partial charge in [0.1, 0.15) is 5.82 Å². The highest BCUT2D eigenvalue weighted by molar-refractivity contribution is 5.55. The van der Waals surface area contributed by atoms with Gasteiger partial charge in [0.05, 0.1) is 6.61 Å². The Hall–Kier alpha value is -1.65. The summed E-state index contributed by atoms with van der Waals surface area (Å²) in [6.07, 6.45) is 7.71. The van der Waals surface area contributed by atoms with E-state index in [1.165, 1.54) is 0 Å². The molecule has 2 aromatic rings. The molecule has 0 saturated heterocycles. The van der Waals surface area contributed by atoms with Gasteiger partial charge in [0, 0.05) is 29.5 Å².